The minimum Gasteiger partial charge on any atom is -0.305 e. The van der Waals surface area contributed by atoms with Crippen LogP contribution in [0.2, 0.25) is 4.34 Å². The second kappa shape index (κ2) is 7.38. The number of hydrogen-bond acceptors (Lipinski definition) is 4. The quantitative estimate of drug-likeness (QED) is 0.783. The van der Waals surface area contributed by atoms with E-state index in [1.54, 1.807) is 11.3 Å². The van der Waals surface area contributed by atoms with Crippen molar-refractivity contribution in [3.05, 3.63) is 21.3 Å². The molecule has 21 heavy (non-hydrogen) atoms. The van der Waals surface area contributed by atoms with Crippen molar-refractivity contribution in [1.82, 2.24) is 10.2 Å². The summed E-state index contributed by atoms with van der Waals surface area (Å²) in [5.74, 6) is -0.122. The van der Waals surface area contributed by atoms with Crippen LogP contribution in [0, 0.1) is 0 Å². The number of carbonyl (C=O) groups excluding carboxylic acids is 2. The first-order valence-electron chi connectivity index (χ1n) is 7.40. The van der Waals surface area contributed by atoms with Gasteiger partial charge >= 0.3 is 0 Å². The summed E-state index contributed by atoms with van der Waals surface area (Å²) >= 11 is 7.43. The van der Waals surface area contributed by atoms with E-state index in [0.29, 0.717) is 6.54 Å². The summed E-state index contributed by atoms with van der Waals surface area (Å²) in [4.78, 5) is 27.0. The molecule has 0 bridgehead atoms. The van der Waals surface area contributed by atoms with Crippen LogP contribution in [0.25, 0.3) is 0 Å². The van der Waals surface area contributed by atoms with Crippen molar-refractivity contribution in [2.24, 2.45) is 0 Å². The van der Waals surface area contributed by atoms with Gasteiger partial charge in [0.15, 0.2) is 0 Å². The van der Waals surface area contributed by atoms with Gasteiger partial charge in [0.25, 0.3) is 0 Å². The lowest BCUT2D eigenvalue weighted by Gasteiger charge is -2.24. The molecular weight excluding hydrogens is 308 g/mol. The summed E-state index contributed by atoms with van der Waals surface area (Å²) in [5.41, 5.74) is 0. The van der Waals surface area contributed by atoms with Crippen molar-refractivity contribution >= 4 is 34.8 Å². The zero-order valence-corrected chi connectivity index (χ0v) is 14.0. The van der Waals surface area contributed by atoms with Crippen molar-refractivity contribution in [1.29, 1.82) is 0 Å². The molecule has 0 aliphatic carbocycles. The first-order chi connectivity index (χ1) is 10.1. The van der Waals surface area contributed by atoms with E-state index in [1.807, 2.05) is 26.0 Å². The van der Waals surface area contributed by atoms with Gasteiger partial charge in [-0.3, -0.25) is 14.5 Å². The van der Waals surface area contributed by atoms with E-state index in [9.17, 15) is 9.59 Å². The lowest BCUT2D eigenvalue weighted by molar-refractivity contribution is -0.141. The minimum absolute atomic E-state index is 0.0351. The van der Waals surface area contributed by atoms with Crippen LogP contribution in [-0.2, 0) is 16.0 Å². The van der Waals surface area contributed by atoms with Gasteiger partial charge in [0.2, 0.25) is 11.8 Å². The molecular formula is C15H21ClN2O2S. The van der Waals surface area contributed by atoms with Gasteiger partial charge in [-0.1, -0.05) is 25.4 Å². The lowest BCUT2D eigenvalue weighted by Crippen LogP contribution is -2.44. The number of rotatable bonds is 7. The molecule has 0 saturated carbocycles. The molecule has 1 N–H and O–H groups in total. The van der Waals surface area contributed by atoms with Crippen LogP contribution in [-0.4, -0.2) is 35.3 Å². The number of halogens is 1. The molecule has 0 radical (unpaired) electrons. The maximum absolute atomic E-state index is 12.3. The summed E-state index contributed by atoms with van der Waals surface area (Å²) in [6, 6.07) is 3.54. The summed E-state index contributed by atoms with van der Waals surface area (Å²) in [5, 5.41) is 3.20. The molecule has 1 atom stereocenters. The Balaban J connectivity index is 1.87. The molecule has 1 aliphatic rings. The van der Waals surface area contributed by atoms with Crippen molar-refractivity contribution < 1.29 is 9.59 Å². The number of likely N-dealkylation sites (tertiary alicyclic amines) is 1. The SMILES string of the molecule is CCC(CC)N1C(=O)CC(NCCc2ccc(Cl)s2)C1=O. The van der Waals surface area contributed by atoms with Crippen LogP contribution in [0.15, 0.2) is 12.1 Å². The third kappa shape index (κ3) is 3.84. The van der Waals surface area contributed by atoms with Gasteiger partial charge in [-0.05, 0) is 31.4 Å². The van der Waals surface area contributed by atoms with Gasteiger partial charge in [0.05, 0.1) is 16.8 Å². The standard InChI is InChI=1S/C15H21ClN2O2S/c1-3-10(4-2)18-14(19)9-12(15(18)20)17-8-7-11-5-6-13(16)21-11/h5-6,10,12,17H,3-4,7-9H2,1-2H3. The minimum atomic E-state index is -0.367. The van der Waals surface area contributed by atoms with E-state index in [-0.39, 0.29) is 30.3 Å². The smallest absolute Gasteiger partial charge is 0.247 e. The van der Waals surface area contributed by atoms with Crippen LogP contribution in [0.3, 0.4) is 0 Å². The van der Waals surface area contributed by atoms with Crippen molar-refractivity contribution in [2.45, 2.75) is 51.6 Å². The second-order valence-electron chi connectivity index (χ2n) is 5.24. The van der Waals surface area contributed by atoms with Crippen LogP contribution in [0.1, 0.15) is 38.0 Å². The first-order valence-corrected chi connectivity index (χ1v) is 8.59. The van der Waals surface area contributed by atoms with E-state index in [0.717, 1.165) is 23.6 Å². The third-order valence-corrected chi connectivity index (χ3v) is 5.17. The molecule has 0 aromatic carbocycles. The van der Waals surface area contributed by atoms with Gasteiger partial charge in [-0.25, -0.2) is 0 Å². The highest BCUT2D eigenvalue weighted by Gasteiger charge is 2.40. The zero-order valence-electron chi connectivity index (χ0n) is 12.4. The van der Waals surface area contributed by atoms with E-state index in [2.05, 4.69) is 5.32 Å². The Morgan fingerprint density at radius 2 is 2.10 bits per heavy atom. The molecule has 2 amide bonds. The normalized spacial score (nSPS) is 19.0. The fraction of sp³-hybridized carbons (Fsp3) is 0.600. The molecule has 1 unspecified atom stereocenters. The average Bonchev–Trinajstić information content (AvgIpc) is 2.98. The topological polar surface area (TPSA) is 49.4 Å². The molecule has 1 fully saturated rings. The van der Waals surface area contributed by atoms with Gasteiger partial charge in [-0.2, -0.15) is 0 Å². The van der Waals surface area contributed by atoms with E-state index in [4.69, 9.17) is 11.6 Å². The predicted octanol–water partition coefficient (Wildman–Crippen LogP) is 2.85. The molecule has 116 valence electrons. The lowest BCUT2D eigenvalue weighted by atomic mass is 10.1. The highest BCUT2D eigenvalue weighted by Crippen LogP contribution is 2.22. The second-order valence-corrected chi connectivity index (χ2v) is 7.04. The molecule has 2 heterocycles. The molecule has 1 aliphatic heterocycles. The van der Waals surface area contributed by atoms with Gasteiger partial charge in [0, 0.05) is 17.5 Å². The molecule has 6 heteroatoms. The number of nitrogens with zero attached hydrogens (tertiary/aromatic N) is 1. The summed E-state index contributed by atoms with van der Waals surface area (Å²) in [7, 11) is 0. The molecule has 0 spiro atoms. The predicted molar refractivity (Wildman–Crippen MR) is 85.7 cm³/mol. The zero-order chi connectivity index (χ0) is 15.4. The third-order valence-electron chi connectivity index (χ3n) is 3.88. The number of imide groups is 1. The summed E-state index contributed by atoms with van der Waals surface area (Å²) in [6.45, 7) is 4.70. The average molecular weight is 329 g/mol. The summed E-state index contributed by atoms with van der Waals surface area (Å²) < 4.78 is 0.775. The first kappa shape index (κ1) is 16.5. The monoisotopic (exact) mass is 328 g/mol. The van der Waals surface area contributed by atoms with Crippen LogP contribution < -0.4 is 5.32 Å². The number of amides is 2. The van der Waals surface area contributed by atoms with Crippen LogP contribution in [0.4, 0.5) is 0 Å². The van der Waals surface area contributed by atoms with Crippen LogP contribution >= 0.6 is 22.9 Å². The van der Waals surface area contributed by atoms with Crippen molar-refractivity contribution in [3.63, 3.8) is 0 Å². The molecule has 1 saturated heterocycles. The van der Waals surface area contributed by atoms with Gasteiger partial charge in [-0.15, -0.1) is 11.3 Å². The van der Waals surface area contributed by atoms with E-state index in [1.165, 1.54) is 9.78 Å². The number of nitrogens with one attached hydrogen (secondary N) is 1. The van der Waals surface area contributed by atoms with Gasteiger partial charge in [0.1, 0.15) is 0 Å². The maximum Gasteiger partial charge on any atom is 0.247 e. The Morgan fingerprint density at radius 1 is 1.38 bits per heavy atom. The van der Waals surface area contributed by atoms with E-state index >= 15 is 0 Å². The molecule has 4 nitrogen and oxygen atoms in total. The largest absolute Gasteiger partial charge is 0.305 e. The van der Waals surface area contributed by atoms with Crippen molar-refractivity contribution in [2.75, 3.05) is 6.54 Å². The Hall–Kier alpha value is -0.910. The number of hydrogen-bond donors (Lipinski definition) is 1. The molecule has 2 rings (SSSR count). The highest BCUT2D eigenvalue weighted by molar-refractivity contribution is 7.16. The Labute approximate surface area is 134 Å². The molecule has 1 aromatic heterocycles. The van der Waals surface area contributed by atoms with Crippen molar-refractivity contribution in [3.8, 4) is 0 Å². The Kier molecular flexibility index (Phi) is 5.79. The van der Waals surface area contributed by atoms with E-state index < -0.39 is 0 Å². The number of thiophene rings is 1. The fourth-order valence-electron chi connectivity index (χ4n) is 2.70. The molecule has 1 aromatic rings. The Morgan fingerprint density at radius 3 is 2.67 bits per heavy atom. The summed E-state index contributed by atoms with van der Waals surface area (Å²) in [6.07, 6.45) is 2.73. The highest BCUT2D eigenvalue weighted by atomic mass is 35.5. The Bertz CT molecular complexity index is 514. The van der Waals surface area contributed by atoms with Gasteiger partial charge < -0.3 is 5.32 Å². The maximum atomic E-state index is 12.3. The fourth-order valence-corrected chi connectivity index (χ4v) is 3.79. The number of carbonyl (C=O) groups is 2. The van der Waals surface area contributed by atoms with Crippen LogP contribution in [0.5, 0.6) is 0 Å².